The van der Waals surface area contributed by atoms with Crippen LogP contribution < -0.4 is 0 Å². The number of hydrogen-bond donors (Lipinski definition) is 0. The van der Waals surface area contributed by atoms with Gasteiger partial charge in [0.15, 0.2) is 0 Å². The molecule has 0 amide bonds. The lowest BCUT2D eigenvalue weighted by atomic mass is 10.0. The van der Waals surface area contributed by atoms with E-state index < -0.39 is 0 Å². The van der Waals surface area contributed by atoms with Crippen LogP contribution in [0, 0.1) is 13.8 Å². The number of pyridine rings is 1. The van der Waals surface area contributed by atoms with Gasteiger partial charge in [0.2, 0.25) is 5.78 Å². The van der Waals surface area contributed by atoms with Gasteiger partial charge in [0.1, 0.15) is 5.69 Å². The molecule has 0 saturated carbocycles. The first kappa shape index (κ1) is 13.1. The lowest BCUT2D eigenvalue weighted by molar-refractivity contribution is 0.103. The highest BCUT2D eigenvalue weighted by molar-refractivity contribution is 6.44. The first-order chi connectivity index (χ1) is 8.50. The quantitative estimate of drug-likeness (QED) is 0.770. The van der Waals surface area contributed by atoms with Crippen molar-refractivity contribution in [1.82, 2.24) is 4.98 Å². The van der Waals surface area contributed by atoms with Crippen LogP contribution in [0.5, 0.6) is 0 Å². The molecule has 0 atom stereocenters. The number of halogens is 2. The first-order valence-electron chi connectivity index (χ1n) is 5.42. The molecule has 92 valence electrons. The average Bonchev–Trinajstić information content (AvgIpc) is 2.32. The molecule has 0 aliphatic carbocycles. The number of ketones is 1. The van der Waals surface area contributed by atoms with Gasteiger partial charge in [-0.15, -0.1) is 0 Å². The van der Waals surface area contributed by atoms with Gasteiger partial charge in [0, 0.05) is 11.8 Å². The second-order valence-electron chi connectivity index (χ2n) is 4.11. The first-order valence-corrected chi connectivity index (χ1v) is 6.18. The highest BCUT2D eigenvalue weighted by atomic mass is 35.5. The number of carbonyl (C=O) groups is 1. The minimum Gasteiger partial charge on any atom is -0.287 e. The monoisotopic (exact) mass is 279 g/mol. The Kier molecular flexibility index (Phi) is 3.69. The molecule has 1 heterocycles. The van der Waals surface area contributed by atoms with Gasteiger partial charge in [-0.1, -0.05) is 35.3 Å². The summed E-state index contributed by atoms with van der Waals surface area (Å²) in [6, 6.07) is 6.91. The SMILES string of the molecule is Cc1cnc(C(=O)c2cccc(Cl)c2Cl)c(C)c1. The van der Waals surface area contributed by atoms with E-state index in [4.69, 9.17) is 23.2 Å². The van der Waals surface area contributed by atoms with Crippen molar-refractivity contribution in [2.24, 2.45) is 0 Å². The number of benzene rings is 1. The van der Waals surface area contributed by atoms with Gasteiger partial charge >= 0.3 is 0 Å². The largest absolute Gasteiger partial charge is 0.287 e. The summed E-state index contributed by atoms with van der Waals surface area (Å²) in [6.07, 6.45) is 1.67. The third-order valence-electron chi connectivity index (χ3n) is 2.63. The molecule has 0 radical (unpaired) electrons. The summed E-state index contributed by atoms with van der Waals surface area (Å²) in [4.78, 5) is 16.5. The number of aromatic nitrogens is 1. The van der Waals surface area contributed by atoms with Crippen LogP contribution in [0.1, 0.15) is 27.2 Å². The van der Waals surface area contributed by atoms with E-state index in [-0.39, 0.29) is 10.8 Å². The van der Waals surface area contributed by atoms with Crippen LogP contribution in [0.25, 0.3) is 0 Å². The summed E-state index contributed by atoms with van der Waals surface area (Å²) in [5.41, 5.74) is 2.63. The summed E-state index contributed by atoms with van der Waals surface area (Å²) >= 11 is 11.9. The third kappa shape index (κ3) is 2.40. The Morgan fingerprint density at radius 1 is 1.22 bits per heavy atom. The molecule has 0 aliphatic rings. The number of nitrogens with zero attached hydrogens (tertiary/aromatic N) is 1. The summed E-state index contributed by atoms with van der Waals surface area (Å²) in [5, 5.41) is 0.637. The molecule has 0 saturated heterocycles. The highest BCUT2D eigenvalue weighted by Crippen LogP contribution is 2.27. The van der Waals surface area contributed by atoms with E-state index in [1.54, 1.807) is 24.4 Å². The molecule has 2 aromatic rings. The Bertz CT molecular complexity index is 623. The normalized spacial score (nSPS) is 10.4. The van der Waals surface area contributed by atoms with Gasteiger partial charge in [-0.3, -0.25) is 9.78 Å². The topological polar surface area (TPSA) is 30.0 Å². The van der Waals surface area contributed by atoms with Crippen LogP contribution >= 0.6 is 23.2 Å². The van der Waals surface area contributed by atoms with E-state index in [1.807, 2.05) is 19.9 Å². The summed E-state index contributed by atoms with van der Waals surface area (Å²) in [7, 11) is 0. The highest BCUT2D eigenvalue weighted by Gasteiger charge is 2.17. The van der Waals surface area contributed by atoms with E-state index in [9.17, 15) is 4.79 Å². The van der Waals surface area contributed by atoms with Crippen LogP contribution in [0.3, 0.4) is 0 Å². The van der Waals surface area contributed by atoms with Crippen molar-refractivity contribution >= 4 is 29.0 Å². The molecule has 0 spiro atoms. The molecule has 2 nitrogen and oxygen atoms in total. The van der Waals surface area contributed by atoms with Gasteiger partial charge in [0.25, 0.3) is 0 Å². The fourth-order valence-electron chi connectivity index (χ4n) is 1.76. The van der Waals surface area contributed by atoms with Crippen LogP contribution in [-0.4, -0.2) is 10.8 Å². The van der Waals surface area contributed by atoms with Gasteiger partial charge in [-0.25, -0.2) is 0 Å². The van der Waals surface area contributed by atoms with Crippen molar-refractivity contribution in [2.45, 2.75) is 13.8 Å². The fraction of sp³-hybridized carbons (Fsp3) is 0.143. The minimum atomic E-state index is -0.208. The zero-order chi connectivity index (χ0) is 13.3. The maximum Gasteiger partial charge on any atom is 0.213 e. The maximum absolute atomic E-state index is 12.3. The summed E-state index contributed by atoms with van der Waals surface area (Å²) in [6.45, 7) is 3.78. The Hall–Kier alpha value is -1.38. The Morgan fingerprint density at radius 3 is 2.61 bits per heavy atom. The molecule has 0 bridgehead atoms. The molecular weight excluding hydrogens is 269 g/mol. The second-order valence-corrected chi connectivity index (χ2v) is 4.89. The summed E-state index contributed by atoms with van der Waals surface area (Å²) < 4.78 is 0. The Balaban J connectivity index is 2.51. The number of rotatable bonds is 2. The molecule has 18 heavy (non-hydrogen) atoms. The zero-order valence-corrected chi connectivity index (χ0v) is 11.5. The van der Waals surface area contributed by atoms with Crippen LogP contribution in [0.4, 0.5) is 0 Å². The lowest BCUT2D eigenvalue weighted by Gasteiger charge is -2.07. The Morgan fingerprint density at radius 2 is 1.94 bits per heavy atom. The number of carbonyl (C=O) groups excluding carboxylic acids is 1. The zero-order valence-electron chi connectivity index (χ0n) is 10.00. The fourth-order valence-corrected chi connectivity index (χ4v) is 2.15. The number of aryl methyl sites for hydroxylation is 2. The van der Waals surface area contributed by atoms with Crippen molar-refractivity contribution < 1.29 is 4.79 Å². The molecular formula is C14H11Cl2NO. The molecule has 1 aromatic heterocycles. The average molecular weight is 280 g/mol. The Labute approximate surface area is 116 Å². The standard InChI is InChI=1S/C14H11Cl2NO/c1-8-6-9(2)13(17-7-8)14(18)10-4-3-5-11(15)12(10)16/h3-7H,1-2H3. The number of hydrogen-bond acceptors (Lipinski definition) is 2. The molecule has 4 heteroatoms. The van der Waals surface area contributed by atoms with E-state index >= 15 is 0 Å². The maximum atomic E-state index is 12.3. The van der Waals surface area contributed by atoms with Gasteiger partial charge < -0.3 is 0 Å². The minimum absolute atomic E-state index is 0.208. The van der Waals surface area contributed by atoms with Crippen LogP contribution in [-0.2, 0) is 0 Å². The van der Waals surface area contributed by atoms with Gasteiger partial charge in [0.05, 0.1) is 10.0 Å². The lowest BCUT2D eigenvalue weighted by Crippen LogP contribution is -2.07. The molecule has 2 rings (SSSR count). The van der Waals surface area contributed by atoms with Crippen molar-refractivity contribution in [3.63, 3.8) is 0 Å². The van der Waals surface area contributed by atoms with E-state index in [2.05, 4.69) is 4.98 Å². The predicted molar refractivity (Wildman–Crippen MR) is 73.6 cm³/mol. The van der Waals surface area contributed by atoms with E-state index in [1.165, 1.54) is 0 Å². The smallest absolute Gasteiger partial charge is 0.213 e. The second kappa shape index (κ2) is 5.09. The van der Waals surface area contributed by atoms with E-state index in [0.29, 0.717) is 16.3 Å². The summed E-state index contributed by atoms with van der Waals surface area (Å²) in [5.74, 6) is -0.208. The molecule has 0 aliphatic heterocycles. The van der Waals surface area contributed by atoms with Gasteiger partial charge in [-0.2, -0.15) is 0 Å². The molecule has 0 unspecified atom stereocenters. The van der Waals surface area contributed by atoms with E-state index in [0.717, 1.165) is 11.1 Å². The van der Waals surface area contributed by atoms with Crippen molar-refractivity contribution in [3.8, 4) is 0 Å². The van der Waals surface area contributed by atoms with Crippen molar-refractivity contribution in [3.05, 3.63) is 62.9 Å². The molecule has 1 aromatic carbocycles. The molecule has 0 fully saturated rings. The van der Waals surface area contributed by atoms with Crippen molar-refractivity contribution in [1.29, 1.82) is 0 Å². The third-order valence-corrected chi connectivity index (χ3v) is 3.45. The predicted octanol–water partition coefficient (Wildman–Crippen LogP) is 4.24. The van der Waals surface area contributed by atoms with Gasteiger partial charge in [-0.05, 0) is 37.1 Å². The van der Waals surface area contributed by atoms with Crippen molar-refractivity contribution in [2.75, 3.05) is 0 Å². The van der Waals surface area contributed by atoms with Crippen LogP contribution in [0.15, 0.2) is 30.5 Å². The van der Waals surface area contributed by atoms with Crippen LogP contribution in [0.2, 0.25) is 10.0 Å². The molecule has 0 N–H and O–H groups in total.